The molecule has 1 atom stereocenters. The van der Waals surface area contributed by atoms with Crippen LogP contribution in [-0.4, -0.2) is 17.4 Å². The average Bonchev–Trinajstić information content (AvgIpc) is 2.59. The van der Waals surface area contributed by atoms with E-state index in [9.17, 15) is 4.79 Å². The number of carbonyl (C=O) groups is 1. The van der Waals surface area contributed by atoms with E-state index in [1.54, 1.807) is 6.08 Å². The van der Waals surface area contributed by atoms with Crippen LogP contribution in [0.4, 0.5) is 11.4 Å². The van der Waals surface area contributed by atoms with E-state index in [0.29, 0.717) is 24.3 Å². The van der Waals surface area contributed by atoms with Gasteiger partial charge in [0.2, 0.25) is 5.91 Å². The number of aromatic nitrogens is 1. The lowest BCUT2D eigenvalue weighted by Crippen LogP contribution is -2.26. The molecule has 0 spiro atoms. The second-order valence-electron chi connectivity index (χ2n) is 3.88. The minimum absolute atomic E-state index is 0.0346. The molecular weight excluding hydrogens is 261 g/mol. The van der Waals surface area contributed by atoms with Crippen LogP contribution < -0.4 is 10.6 Å². The van der Waals surface area contributed by atoms with E-state index in [-0.39, 0.29) is 22.1 Å². The molecule has 1 aliphatic heterocycles. The van der Waals surface area contributed by atoms with Crippen molar-refractivity contribution in [2.75, 3.05) is 17.2 Å². The van der Waals surface area contributed by atoms with Gasteiger partial charge < -0.3 is 10.6 Å². The summed E-state index contributed by atoms with van der Waals surface area (Å²) < 4.78 is 0. The Bertz CT molecular complexity index is 467. The summed E-state index contributed by atoms with van der Waals surface area (Å²) in [6, 6.07) is 1.48. The lowest BCUT2D eigenvalue weighted by Gasteiger charge is -2.19. The van der Waals surface area contributed by atoms with Crippen molar-refractivity contribution in [3.63, 3.8) is 0 Å². The summed E-state index contributed by atoms with van der Waals surface area (Å²) in [4.78, 5) is 17.3. The quantitative estimate of drug-likeness (QED) is 0.664. The number of rotatable bonds is 2. The second-order valence-corrected chi connectivity index (χ2v) is 4.62. The number of hydrogen-bond acceptors (Lipinski definition) is 3. The molecule has 6 heteroatoms. The molecule has 90 valence electrons. The molecule has 1 aliphatic rings. The third-order valence-electron chi connectivity index (χ3n) is 2.71. The SMILES string of the molecule is C=CC1CC(=O)N(c2c(N)cc(Cl)nc2Cl)C1. The molecule has 1 saturated heterocycles. The standard InChI is InChI=1S/C11H11Cl2N3O/c1-2-6-3-9(17)16(5-6)10-7(14)4-8(12)15-11(10)13/h2,4,6H,1,3,5H2,(H2,14,15). The minimum atomic E-state index is -0.0346. The van der Waals surface area contributed by atoms with E-state index in [1.807, 2.05) is 0 Å². The fourth-order valence-corrected chi connectivity index (χ4v) is 2.42. The molecule has 0 saturated carbocycles. The van der Waals surface area contributed by atoms with Gasteiger partial charge in [-0.2, -0.15) is 0 Å². The molecule has 1 fully saturated rings. The molecular formula is C11H11Cl2N3O. The van der Waals surface area contributed by atoms with Crippen LogP contribution in [-0.2, 0) is 4.79 Å². The van der Waals surface area contributed by atoms with Gasteiger partial charge >= 0.3 is 0 Å². The first-order chi connectivity index (χ1) is 8.02. The molecule has 0 radical (unpaired) electrons. The van der Waals surface area contributed by atoms with Gasteiger partial charge in [-0.25, -0.2) is 4.98 Å². The van der Waals surface area contributed by atoms with Crippen molar-refractivity contribution in [3.8, 4) is 0 Å². The number of nitrogen functional groups attached to an aromatic ring is 1. The van der Waals surface area contributed by atoms with Gasteiger partial charge in [0.25, 0.3) is 0 Å². The molecule has 1 amide bonds. The highest BCUT2D eigenvalue weighted by Crippen LogP contribution is 2.36. The first-order valence-corrected chi connectivity index (χ1v) is 5.83. The van der Waals surface area contributed by atoms with E-state index in [1.165, 1.54) is 11.0 Å². The summed E-state index contributed by atoms with van der Waals surface area (Å²) in [6.45, 7) is 4.21. The summed E-state index contributed by atoms with van der Waals surface area (Å²) in [7, 11) is 0. The van der Waals surface area contributed by atoms with Gasteiger partial charge in [0.1, 0.15) is 10.8 Å². The van der Waals surface area contributed by atoms with Gasteiger partial charge in [0, 0.05) is 24.9 Å². The van der Waals surface area contributed by atoms with Crippen LogP contribution in [0, 0.1) is 5.92 Å². The second kappa shape index (κ2) is 4.55. The lowest BCUT2D eigenvalue weighted by molar-refractivity contribution is -0.117. The van der Waals surface area contributed by atoms with Gasteiger partial charge in [0.05, 0.1) is 5.69 Å². The Morgan fingerprint density at radius 2 is 2.29 bits per heavy atom. The molecule has 17 heavy (non-hydrogen) atoms. The van der Waals surface area contributed by atoms with Crippen molar-refractivity contribution in [2.45, 2.75) is 6.42 Å². The van der Waals surface area contributed by atoms with Crippen molar-refractivity contribution in [1.29, 1.82) is 0 Å². The normalized spacial score (nSPS) is 19.8. The fourth-order valence-electron chi connectivity index (χ4n) is 1.87. The van der Waals surface area contributed by atoms with E-state index >= 15 is 0 Å². The van der Waals surface area contributed by atoms with Crippen LogP contribution in [0.15, 0.2) is 18.7 Å². The largest absolute Gasteiger partial charge is 0.397 e. The number of amides is 1. The number of carbonyl (C=O) groups excluding carboxylic acids is 1. The van der Waals surface area contributed by atoms with E-state index in [0.717, 1.165) is 0 Å². The van der Waals surface area contributed by atoms with Gasteiger partial charge in [0.15, 0.2) is 5.15 Å². The van der Waals surface area contributed by atoms with E-state index in [2.05, 4.69) is 11.6 Å². The van der Waals surface area contributed by atoms with Crippen LogP contribution in [0.5, 0.6) is 0 Å². The highest BCUT2D eigenvalue weighted by atomic mass is 35.5. The zero-order valence-electron chi connectivity index (χ0n) is 8.99. The lowest BCUT2D eigenvalue weighted by atomic mass is 10.1. The van der Waals surface area contributed by atoms with Crippen LogP contribution in [0.2, 0.25) is 10.3 Å². The summed E-state index contributed by atoms with van der Waals surface area (Å²) in [5.74, 6) is 0.0845. The molecule has 1 aromatic rings. The maximum absolute atomic E-state index is 11.8. The van der Waals surface area contributed by atoms with Crippen molar-refractivity contribution >= 4 is 40.5 Å². The minimum Gasteiger partial charge on any atom is -0.397 e. The maximum atomic E-state index is 11.8. The Hall–Kier alpha value is -1.26. The highest BCUT2D eigenvalue weighted by Gasteiger charge is 2.31. The monoisotopic (exact) mass is 271 g/mol. The Kier molecular flexibility index (Phi) is 3.26. The number of hydrogen-bond donors (Lipinski definition) is 1. The van der Waals surface area contributed by atoms with Gasteiger partial charge in [-0.15, -0.1) is 6.58 Å². The molecule has 1 unspecified atom stereocenters. The number of pyridine rings is 1. The average molecular weight is 272 g/mol. The smallest absolute Gasteiger partial charge is 0.227 e. The maximum Gasteiger partial charge on any atom is 0.227 e. The number of halogens is 2. The van der Waals surface area contributed by atoms with Crippen molar-refractivity contribution in [2.24, 2.45) is 5.92 Å². The van der Waals surface area contributed by atoms with E-state index < -0.39 is 0 Å². The Morgan fingerprint density at radius 3 is 2.82 bits per heavy atom. The Balaban J connectivity index is 2.41. The van der Waals surface area contributed by atoms with Crippen LogP contribution in [0.3, 0.4) is 0 Å². The third kappa shape index (κ3) is 2.23. The van der Waals surface area contributed by atoms with Gasteiger partial charge in [-0.1, -0.05) is 29.3 Å². The molecule has 2 heterocycles. The zero-order valence-corrected chi connectivity index (χ0v) is 10.5. The van der Waals surface area contributed by atoms with Crippen LogP contribution >= 0.6 is 23.2 Å². The fraction of sp³-hybridized carbons (Fsp3) is 0.273. The Labute approximate surface area is 109 Å². The summed E-state index contributed by atoms with van der Waals surface area (Å²) in [5.41, 5.74) is 6.61. The predicted molar refractivity (Wildman–Crippen MR) is 69.3 cm³/mol. The predicted octanol–water partition coefficient (Wildman–Crippen LogP) is 2.51. The van der Waals surface area contributed by atoms with Gasteiger partial charge in [-0.3, -0.25) is 4.79 Å². The number of anilines is 2. The topological polar surface area (TPSA) is 59.2 Å². The third-order valence-corrected chi connectivity index (χ3v) is 3.16. The van der Waals surface area contributed by atoms with Crippen LogP contribution in [0.25, 0.3) is 0 Å². The first kappa shape index (κ1) is 12.2. The molecule has 0 aliphatic carbocycles. The molecule has 4 nitrogen and oxygen atoms in total. The zero-order chi connectivity index (χ0) is 12.6. The van der Waals surface area contributed by atoms with Gasteiger partial charge in [-0.05, 0) is 0 Å². The van der Waals surface area contributed by atoms with E-state index in [4.69, 9.17) is 28.9 Å². The number of nitrogens with zero attached hydrogens (tertiary/aromatic N) is 2. The first-order valence-electron chi connectivity index (χ1n) is 5.07. The summed E-state index contributed by atoms with van der Waals surface area (Å²) in [5, 5.41) is 0.358. The molecule has 2 rings (SSSR count). The molecule has 1 aromatic heterocycles. The van der Waals surface area contributed by atoms with Crippen molar-refractivity contribution < 1.29 is 4.79 Å². The highest BCUT2D eigenvalue weighted by molar-refractivity contribution is 6.35. The molecule has 0 bridgehead atoms. The summed E-state index contributed by atoms with van der Waals surface area (Å²) >= 11 is 11.7. The van der Waals surface area contributed by atoms with Crippen LogP contribution in [0.1, 0.15) is 6.42 Å². The molecule has 2 N–H and O–H groups in total. The molecule has 0 aromatic carbocycles. The van der Waals surface area contributed by atoms with Crippen molar-refractivity contribution in [3.05, 3.63) is 29.0 Å². The Morgan fingerprint density at radius 1 is 1.59 bits per heavy atom. The number of nitrogens with two attached hydrogens (primary N) is 1. The summed E-state index contributed by atoms with van der Waals surface area (Å²) in [6.07, 6.45) is 2.17. The van der Waals surface area contributed by atoms with Crippen molar-refractivity contribution in [1.82, 2.24) is 4.98 Å².